The van der Waals surface area contributed by atoms with E-state index in [1.165, 1.54) is 6.07 Å². The smallest absolute Gasteiger partial charge is 0.227 e. The molecule has 1 aromatic rings. The summed E-state index contributed by atoms with van der Waals surface area (Å²) in [5.41, 5.74) is 0.838. The van der Waals surface area contributed by atoms with Crippen LogP contribution in [0.5, 0.6) is 0 Å². The first kappa shape index (κ1) is 17.4. The molecule has 6 heteroatoms. The van der Waals surface area contributed by atoms with Crippen LogP contribution in [0.4, 0.5) is 4.39 Å². The molecule has 0 aromatic heterocycles. The van der Waals surface area contributed by atoms with Crippen LogP contribution in [0.25, 0.3) is 0 Å². The van der Waals surface area contributed by atoms with Gasteiger partial charge in [0, 0.05) is 19.1 Å². The molecule has 1 saturated heterocycles. The molecule has 20 heavy (non-hydrogen) atoms. The second kappa shape index (κ2) is 7.96. The average molecular weight is 366 g/mol. The summed E-state index contributed by atoms with van der Waals surface area (Å²) in [5.74, 6) is -0.192. The Labute approximate surface area is 133 Å². The molecule has 1 heterocycles. The van der Waals surface area contributed by atoms with E-state index in [0.29, 0.717) is 16.9 Å². The van der Waals surface area contributed by atoms with Crippen LogP contribution >= 0.6 is 28.3 Å². The summed E-state index contributed by atoms with van der Waals surface area (Å²) < 4.78 is 13.5. The highest BCUT2D eigenvalue weighted by Crippen LogP contribution is 2.18. The molecule has 1 amide bonds. The lowest BCUT2D eigenvalue weighted by molar-refractivity contribution is -0.131. The van der Waals surface area contributed by atoms with E-state index in [1.54, 1.807) is 12.1 Å². The van der Waals surface area contributed by atoms with Crippen molar-refractivity contribution in [1.29, 1.82) is 0 Å². The lowest BCUT2D eigenvalue weighted by atomic mass is 10.0. The minimum Gasteiger partial charge on any atom is -0.341 e. The monoisotopic (exact) mass is 364 g/mol. The van der Waals surface area contributed by atoms with Crippen LogP contribution < -0.4 is 5.32 Å². The van der Waals surface area contributed by atoms with Crippen molar-refractivity contribution in [2.24, 2.45) is 0 Å². The number of carbonyl (C=O) groups excluding carboxylic acids is 1. The highest BCUT2D eigenvalue weighted by Gasteiger charge is 2.22. The molecular formula is C14H19BrClFN2O. The van der Waals surface area contributed by atoms with Gasteiger partial charge in [0.1, 0.15) is 5.82 Å². The van der Waals surface area contributed by atoms with Crippen molar-refractivity contribution in [3.05, 3.63) is 34.1 Å². The predicted octanol–water partition coefficient (Wildman–Crippen LogP) is 2.76. The van der Waals surface area contributed by atoms with Crippen LogP contribution in [0.2, 0.25) is 0 Å². The first-order valence-corrected chi connectivity index (χ1v) is 7.28. The van der Waals surface area contributed by atoms with Gasteiger partial charge in [-0.15, -0.1) is 12.4 Å². The van der Waals surface area contributed by atoms with E-state index >= 15 is 0 Å². The van der Waals surface area contributed by atoms with E-state index in [1.807, 2.05) is 11.9 Å². The molecule has 0 spiro atoms. The van der Waals surface area contributed by atoms with Crippen LogP contribution in [0.3, 0.4) is 0 Å². The maximum atomic E-state index is 13.1. The Morgan fingerprint density at radius 1 is 1.55 bits per heavy atom. The second-order valence-corrected chi connectivity index (χ2v) is 5.75. The molecule has 1 aliphatic heterocycles. The van der Waals surface area contributed by atoms with Crippen LogP contribution in [-0.4, -0.2) is 37.0 Å². The van der Waals surface area contributed by atoms with E-state index in [0.717, 1.165) is 31.5 Å². The summed E-state index contributed by atoms with van der Waals surface area (Å²) in [5, 5.41) is 3.22. The molecule has 0 radical (unpaired) electrons. The van der Waals surface area contributed by atoms with Crippen LogP contribution in [0.1, 0.15) is 18.4 Å². The van der Waals surface area contributed by atoms with Crippen molar-refractivity contribution in [1.82, 2.24) is 10.2 Å². The van der Waals surface area contributed by atoms with Gasteiger partial charge in [-0.2, -0.15) is 0 Å². The molecule has 1 atom stereocenters. The fourth-order valence-corrected chi connectivity index (χ4v) is 2.80. The average Bonchev–Trinajstić information content (AvgIpc) is 2.43. The quantitative estimate of drug-likeness (QED) is 0.893. The van der Waals surface area contributed by atoms with Gasteiger partial charge in [0.25, 0.3) is 0 Å². The van der Waals surface area contributed by atoms with Crippen LogP contribution in [0, 0.1) is 5.82 Å². The van der Waals surface area contributed by atoms with E-state index in [9.17, 15) is 9.18 Å². The van der Waals surface area contributed by atoms with Crippen molar-refractivity contribution in [3.63, 3.8) is 0 Å². The number of halogens is 3. The second-order valence-electron chi connectivity index (χ2n) is 4.89. The lowest BCUT2D eigenvalue weighted by Crippen LogP contribution is -2.47. The normalized spacial score (nSPS) is 18.6. The summed E-state index contributed by atoms with van der Waals surface area (Å²) in [7, 11) is 1.93. The van der Waals surface area contributed by atoms with Gasteiger partial charge in [0.15, 0.2) is 0 Å². The molecule has 3 nitrogen and oxygen atoms in total. The van der Waals surface area contributed by atoms with Gasteiger partial charge in [-0.25, -0.2) is 4.39 Å². The Kier molecular flexibility index (Phi) is 6.92. The molecule has 0 aliphatic carbocycles. The van der Waals surface area contributed by atoms with Gasteiger partial charge in [0.2, 0.25) is 5.91 Å². The summed E-state index contributed by atoms with van der Waals surface area (Å²) in [6.07, 6.45) is 2.47. The van der Waals surface area contributed by atoms with Crippen molar-refractivity contribution in [2.45, 2.75) is 25.3 Å². The number of piperidine rings is 1. The summed E-state index contributed by atoms with van der Waals surface area (Å²) in [4.78, 5) is 14.1. The zero-order chi connectivity index (χ0) is 13.8. The van der Waals surface area contributed by atoms with Crippen LogP contribution in [0.15, 0.2) is 22.7 Å². The molecular weight excluding hydrogens is 347 g/mol. The maximum Gasteiger partial charge on any atom is 0.227 e. The van der Waals surface area contributed by atoms with Gasteiger partial charge in [0.05, 0.1) is 10.9 Å². The first-order chi connectivity index (χ1) is 9.10. The number of amides is 1. The van der Waals surface area contributed by atoms with Crippen molar-refractivity contribution >= 4 is 34.2 Å². The van der Waals surface area contributed by atoms with Gasteiger partial charge < -0.3 is 10.2 Å². The predicted molar refractivity (Wildman–Crippen MR) is 83.7 cm³/mol. The summed E-state index contributed by atoms with van der Waals surface area (Å²) in [6.45, 7) is 1.58. The lowest BCUT2D eigenvalue weighted by Gasteiger charge is -2.32. The fourth-order valence-electron chi connectivity index (χ4n) is 2.38. The fraction of sp³-hybridized carbons (Fsp3) is 0.500. The van der Waals surface area contributed by atoms with Crippen molar-refractivity contribution < 1.29 is 9.18 Å². The minimum absolute atomic E-state index is 0. The van der Waals surface area contributed by atoms with Crippen molar-refractivity contribution in [2.75, 3.05) is 20.1 Å². The number of hydrogen-bond donors (Lipinski definition) is 1. The van der Waals surface area contributed by atoms with E-state index in [4.69, 9.17) is 0 Å². The SMILES string of the molecule is CNC1CCCN(C(=O)Cc2ccc(F)c(Br)c2)C1.Cl. The van der Waals surface area contributed by atoms with Crippen LogP contribution in [-0.2, 0) is 11.2 Å². The summed E-state index contributed by atoms with van der Waals surface area (Å²) in [6, 6.07) is 5.11. The number of likely N-dealkylation sites (tertiary alicyclic amines) is 1. The van der Waals surface area contributed by atoms with Gasteiger partial charge in [-0.05, 0) is 53.5 Å². The third kappa shape index (κ3) is 4.43. The molecule has 112 valence electrons. The first-order valence-electron chi connectivity index (χ1n) is 6.49. The number of rotatable bonds is 3. The number of nitrogens with one attached hydrogen (secondary N) is 1. The van der Waals surface area contributed by atoms with E-state index in [-0.39, 0.29) is 24.1 Å². The third-order valence-electron chi connectivity index (χ3n) is 3.52. The van der Waals surface area contributed by atoms with Crippen molar-refractivity contribution in [3.8, 4) is 0 Å². The number of hydrogen-bond acceptors (Lipinski definition) is 2. The Morgan fingerprint density at radius 2 is 2.30 bits per heavy atom. The number of carbonyl (C=O) groups is 1. The maximum absolute atomic E-state index is 13.1. The molecule has 0 saturated carbocycles. The molecule has 2 rings (SSSR count). The Bertz CT molecular complexity index is 472. The van der Waals surface area contributed by atoms with E-state index in [2.05, 4.69) is 21.2 Å². The summed E-state index contributed by atoms with van der Waals surface area (Å²) >= 11 is 3.14. The Morgan fingerprint density at radius 3 is 2.95 bits per heavy atom. The van der Waals surface area contributed by atoms with Gasteiger partial charge in [-0.3, -0.25) is 4.79 Å². The third-order valence-corrected chi connectivity index (χ3v) is 4.13. The zero-order valence-electron chi connectivity index (χ0n) is 11.4. The largest absolute Gasteiger partial charge is 0.341 e. The highest BCUT2D eigenvalue weighted by molar-refractivity contribution is 9.10. The number of benzene rings is 1. The van der Waals surface area contributed by atoms with Gasteiger partial charge in [-0.1, -0.05) is 6.07 Å². The number of likely N-dealkylation sites (N-methyl/N-ethyl adjacent to an activating group) is 1. The Balaban J connectivity index is 0.00000200. The highest BCUT2D eigenvalue weighted by atomic mass is 79.9. The topological polar surface area (TPSA) is 32.3 Å². The van der Waals surface area contributed by atoms with E-state index < -0.39 is 0 Å². The molecule has 1 unspecified atom stereocenters. The molecule has 1 aromatic carbocycles. The minimum atomic E-state index is -0.301. The number of nitrogens with zero attached hydrogens (tertiary/aromatic N) is 1. The molecule has 0 bridgehead atoms. The Hall–Kier alpha value is -0.650. The molecule has 1 aliphatic rings. The van der Waals surface area contributed by atoms with Gasteiger partial charge >= 0.3 is 0 Å². The standard InChI is InChI=1S/C14H18BrFN2O.ClH/c1-17-11-3-2-6-18(9-11)14(19)8-10-4-5-13(16)12(15)7-10;/h4-5,7,11,17H,2-3,6,8-9H2,1H3;1H. The molecule has 1 N–H and O–H groups in total. The zero-order valence-corrected chi connectivity index (χ0v) is 13.8. The molecule has 1 fully saturated rings.